The van der Waals surface area contributed by atoms with E-state index in [1.165, 1.54) is 77.7 Å². The van der Waals surface area contributed by atoms with Crippen molar-refractivity contribution < 1.29 is 22.5 Å². The highest BCUT2D eigenvalue weighted by atomic mass is 32.2. The highest BCUT2D eigenvalue weighted by Crippen LogP contribution is 2.34. The van der Waals surface area contributed by atoms with Gasteiger partial charge in [-0.2, -0.15) is 0 Å². The van der Waals surface area contributed by atoms with Gasteiger partial charge in [0.1, 0.15) is 15.9 Å². The molecule has 0 spiro atoms. The monoisotopic (exact) mass is 504 g/mol. The molecule has 7 heteroatoms. The van der Waals surface area contributed by atoms with Crippen LogP contribution in [-0.4, -0.2) is 32.5 Å². The van der Waals surface area contributed by atoms with Crippen molar-refractivity contribution in [1.82, 2.24) is 5.32 Å². The molecule has 0 saturated heterocycles. The zero-order valence-electron chi connectivity index (χ0n) is 21.4. The first-order valence-electron chi connectivity index (χ1n) is 13.2. The molecule has 0 aliphatic heterocycles. The summed E-state index contributed by atoms with van der Waals surface area (Å²) in [6.07, 6.45) is 17.7. The van der Waals surface area contributed by atoms with Crippen LogP contribution >= 0.6 is 0 Å². The highest BCUT2D eigenvalue weighted by Gasteiger charge is 2.20. The van der Waals surface area contributed by atoms with E-state index in [-0.39, 0.29) is 16.7 Å². The van der Waals surface area contributed by atoms with Gasteiger partial charge in [0.2, 0.25) is 0 Å². The number of fused-ring (bicyclic) bond motifs is 1. The Morgan fingerprint density at radius 1 is 0.829 bits per heavy atom. The fraction of sp³-hybridized carbons (Fsp3) is 0.607. The molecule has 0 fully saturated rings. The van der Waals surface area contributed by atoms with Gasteiger partial charge < -0.3 is 14.6 Å². The van der Waals surface area contributed by atoms with E-state index < -0.39 is 20.9 Å². The van der Waals surface area contributed by atoms with Gasteiger partial charge >= 0.3 is 0 Å². The molecule has 2 aromatic carbocycles. The third-order valence-corrected chi connectivity index (χ3v) is 7.37. The highest BCUT2D eigenvalue weighted by molar-refractivity contribution is 7.86. The summed E-state index contributed by atoms with van der Waals surface area (Å²) in [6.45, 7) is 2.74. The van der Waals surface area contributed by atoms with Crippen LogP contribution in [0.3, 0.4) is 0 Å². The third kappa shape index (κ3) is 9.80. The minimum atomic E-state index is -4.75. The standard InChI is InChI=1S/C28H43NO5S/c1-3-4-5-6-7-8-9-10-11-12-13-14-15-18-21-29-28(30)25-22-26(35(31,32)33)23-19-16-17-20-24(23)27(25)34-2/h16-17,19-20,22H,3-15,18,21H2,1-2H3,(H,29,30)(H,31,32,33)/p-1. The molecule has 1 N–H and O–H groups in total. The van der Waals surface area contributed by atoms with E-state index in [1.807, 2.05) is 0 Å². The van der Waals surface area contributed by atoms with Crippen LogP contribution < -0.4 is 10.1 Å². The Labute approximate surface area is 211 Å². The fourth-order valence-electron chi connectivity index (χ4n) is 4.53. The summed E-state index contributed by atoms with van der Waals surface area (Å²) >= 11 is 0. The smallest absolute Gasteiger partial charge is 0.255 e. The van der Waals surface area contributed by atoms with Crippen LogP contribution in [0.4, 0.5) is 0 Å². The lowest BCUT2D eigenvalue weighted by Crippen LogP contribution is -2.25. The van der Waals surface area contributed by atoms with Crippen molar-refractivity contribution >= 4 is 26.8 Å². The van der Waals surface area contributed by atoms with Crippen LogP contribution in [0.15, 0.2) is 35.2 Å². The molecule has 0 bridgehead atoms. The van der Waals surface area contributed by atoms with Crippen LogP contribution in [0.2, 0.25) is 0 Å². The van der Waals surface area contributed by atoms with Crippen molar-refractivity contribution in [3.63, 3.8) is 0 Å². The number of methoxy groups -OCH3 is 1. The fourth-order valence-corrected chi connectivity index (χ4v) is 5.24. The van der Waals surface area contributed by atoms with Crippen molar-refractivity contribution in [2.24, 2.45) is 0 Å². The first-order valence-corrected chi connectivity index (χ1v) is 14.6. The molecule has 0 atom stereocenters. The van der Waals surface area contributed by atoms with Crippen LogP contribution in [0.5, 0.6) is 5.75 Å². The van der Waals surface area contributed by atoms with Gasteiger partial charge in [-0.15, -0.1) is 0 Å². The lowest BCUT2D eigenvalue weighted by Gasteiger charge is -2.17. The molecule has 1 amide bonds. The van der Waals surface area contributed by atoms with Crippen LogP contribution in [0, 0.1) is 0 Å². The van der Waals surface area contributed by atoms with E-state index in [1.54, 1.807) is 24.3 Å². The Morgan fingerprint density at radius 2 is 1.31 bits per heavy atom. The minimum Gasteiger partial charge on any atom is -0.744 e. The first-order chi connectivity index (χ1) is 16.9. The number of benzene rings is 2. The quantitative estimate of drug-likeness (QED) is 0.175. The number of carbonyl (C=O) groups is 1. The summed E-state index contributed by atoms with van der Waals surface area (Å²) in [5.41, 5.74) is 0.0611. The maximum absolute atomic E-state index is 12.8. The van der Waals surface area contributed by atoms with Gasteiger partial charge in [0, 0.05) is 17.3 Å². The molecule has 0 aliphatic rings. The molecule has 35 heavy (non-hydrogen) atoms. The van der Waals surface area contributed by atoms with E-state index in [4.69, 9.17) is 4.74 Å². The van der Waals surface area contributed by atoms with E-state index in [9.17, 15) is 17.8 Å². The molecule has 0 radical (unpaired) electrons. The number of carbonyl (C=O) groups excluding carboxylic acids is 1. The maximum Gasteiger partial charge on any atom is 0.255 e. The van der Waals surface area contributed by atoms with Gasteiger partial charge in [-0.1, -0.05) is 115 Å². The predicted octanol–water partition coefficient (Wildman–Crippen LogP) is 6.96. The van der Waals surface area contributed by atoms with Crippen molar-refractivity contribution in [3.8, 4) is 5.75 Å². The molecule has 0 aliphatic carbocycles. The Morgan fingerprint density at radius 3 is 1.80 bits per heavy atom. The molecular weight excluding hydrogens is 462 g/mol. The molecular formula is C28H42NO5S-. The van der Waals surface area contributed by atoms with Crippen molar-refractivity contribution in [2.45, 2.75) is 102 Å². The minimum absolute atomic E-state index is 0.0611. The number of nitrogens with one attached hydrogen (secondary N) is 1. The summed E-state index contributed by atoms with van der Waals surface area (Å²) in [6, 6.07) is 7.67. The number of unbranched alkanes of at least 4 members (excludes halogenated alkanes) is 13. The zero-order valence-corrected chi connectivity index (χ0v) is 22.3. The molecule has 0 aromatic heterocycles. The van der Waals surface area contributed by atoms with E-state index in [0.717, 1.165) is 25.3 Å². The summed E-state index contributed by atoms with van der Waals surface area (Å²) in [7, 11) is -3.32. The van der Waals surface area contributed by atoms with Crippen molar-refractivity contribution in [1.29, 1.82) is 0 Å². The van der Waals surface area contributed by atoms with E-state index in [2.05, 4.69) is 12.2 Å². The third-order valence-electron chi connectivity index (χ3n) is 6.49. The lowest BCUT2D eigenvalue weighted by molar-refractivity contribution is 0.0950. The molecule has 0 saturated carbocycles. The van der Waals surface area contributed by atoms with Gasteiger partial charge in [0.15, 0.2) is 0 Å². The van der Waals surface area contributed by atoms with Crippen LogP contribution in [0.25, 0.3) is 10.8 Å². The number of hydrogen-bond acceptors (Lipinski definition) is 5. The van der Waals surface area contributed by atoms with Gasteiger partial charge in [-0.3, -0.25) is 4.79 Å². The van der Waals surface area contributed by atoms with Gasteiger partial charge in [-0.05, 0) is 12.5 Å². The number of ether oxygens (including phenoxy) is 1. The SMILES string of the molecule is CCCCCCCCCCCCCCCCNC(=O)c1cc(S(=O)(=O)[O-])c2ccccc2c1OC. The van der Waals surface area contributed by atoms with Crippen molar-refractivity contribution in [2.75, 3.05) is 13.7 Å². The van der Waals surface area contributed by atoms with Gasteiger partial charge in [0.25, 0.3) is 5.91 Å². The zero-order chi connectivity index (χ0) is 25.5. The Kier molecular flexibility index (Phi) is 13.1. The maximum atomic E-state index is 12.8. The average Bonchev–Trinajstić information content (AvgIpc) is 2.84. The molecule has 0 unspecified atom stereocenters. The average molecular weight is 505 g/mol. The second kappa shape index (κ2) is 15.8. The largest absolute Gasteiger partial charge is 0.744 e. The summed E-state index contributed by atoms with van der Waals surface area (Å²) in [4.78, 5) is 12.4. The predicted molar refractivity (Wildman–Crippen MR) is 141 cm³/mol. The molecule has 2 aromatic rings. The summed E-state index contributed by atoms with van der Waals surface area (Å²) in [5, 5.41) is 3.52. The normalized spacial score (nSPS) is 11.6. The summed E-state index contributed by atoms with van der Waals surface area (Å²) in [5.74, 6) is -0.168. The van der Waals surface area contributed by atoms with E-state index >= 15 is 0 Å². The van der Waals surface area contributed by atoms with Crippen LogP contribution in [-0.2, 0) is 10.1 Å². The lowest BCUT2D eigenvalue weighted by atomic mass is 10.0. The number of rotatable bonds is 18. The van der Waals surface area contributed by atoms with Crippen molar-refractivity contribution in [3.05, 3.63) is 35.9 Å². The van der Waals surface area contributed by atoms with Gasteiger partial charge in [0.05, 0.1) is 17.6 Å². The Balaban J connectivity index is 1.70. The second-order valence-electron chi connectivity index (χ2n) is 9.31. The number of amides is 1. The summed E-state index contributed by atoms with van der Waals surface area (Å²) < 4.78 is 40.8. The second-order valence-corrected chi connectivity index (χ2v) is 10.7. The molecule has 6 nitrogen and oxygen atoms in total. The number of hydrogen-bond donors (Lipinski definition) is 1. The van der Waals surface area contributed by atoms with Gasteiger partial charge in [-0.25, -0.2) is 8.42 Å². The Hall–Kier alpha value is -2.12. The van der Waals surface area contributed by atoms with E-state index in [0.29, 0.717) is 11.9 Å². The van der Waals surface area contributed by atoms with Crippen LogP contribution in [0.1, 0.15) is 107 Å². The topological polar surface area (TPSA) is 95.5 Å². The Bertz CT molecular complexity index is 1020. The molecule has 2 rings (SSSR count). The molecule has 196 valence electrons. The molecule has 0 heterocycles. The first kappa shape index (κ1) is 29.1.